The lowest BCUT2D eigenvalue weighted by molar-refractivity contribution is 0.171. The lowest BCUT2D eigenvalue weighted by Gasteiger charge is -2.17. The Bertz CT molecular complexity index is 824. The molecule has 2 aromatic rings. The fraction of sp³-hybridized carbons (Fsp3) is 0.478. The van der Waals surface area contributed by atoms with Crippen LogP contribution in [-0.4, -0.2) is 37.6 Å². The zero-order chi connectivity index (χ0) is 20.6. The van der Waals surface area contributed by atoms with Crippen molar-refractivity contribution in [3.8, 4) is 11.5 Å². The van der Waals surface area contributed by atoms with Crippen molar-refractivity contribution in [1.82, 2.24) is 4.98 Å². The second-order valence-corrected chi connectivity index (χ2v) is 7.94. The maximum Gasteiger partial charge on any atom is 0.171 e. The van der Waals surface area contributed by atoms with Crippen molar-refractivity contribution in [3.63, 3.8) is 0 Å². The van der Waals surface area contributed by atoms with Gasteiger partial charge in [0.1, 0.15) is 5.69 Å². The molecule has 29 heavy (non-hydrogen) atoms. The van der Waals surface area contributed by atoms with Crippen LogP contribution in [0.25, 0.3) is 0 Å². The molecule has 1 aromatic heterocycles. The van der Waals surface area contributed by atoms with Crippen molar-refractivity contribution in [3.05, 3.63) is 52.8 Å². The first-order valence-electron chi connectivity index (χ1n) is 10.1. The Hall–Kier alpha value is -2.11. The lowest BCUT2D eigenvalue weighted by atomic mass is 9.91. The molecular formula is C23H29ClN2O3. The average molecular weight is 417 g/mol. The second kappa shape index (κ2) is 10.6. The third-order valence-electron chi connectivity index (χ3n) is 5.08. The minimum Gasteiger partial charge on any atom is -0.491 e. The van der Waals surface area contributed by atoms with Crippen LogP contribution in [0.5, 0.6) is 11.5 Å². The lowest BCUT2D eigenvalue weighted by Crippen LogP contribution is -2.18. The summed E-state index contributed by atoms with van der Waals surface area (Å²) in [5.74, 6) is 2.06. The highest BCUT2D eigenvalue weighted by Crippen LogP contribution is 2.35. The molecule has 1 atom stereocenters. The molecule has 1 aliphatic rings. The standard InChI is InChI=1S/C23H29ClN2O3/c1-16(2)18-12-19(25-14-17-8-5-4-6-9-17)22-20(29-15-18)13-21(23(24)26-22)28-11-7-10-27-3/h4-6,8-9,13,16,18H,7,10-12,14-15H2,1-3H3. The van der Waals surface area contributed by atoms with Gasteiger partial charge in [0.2, 0.25) is 0 Å². The SMILES string of the molecule is COCCCOc1cc2c(nc1Cl)C(=NCc1ccccc1)CC(C(C)C)CO2. The van der Waals surface area contributed by atoms with E-state index in [1.54, 1.807) is 7.11 Å². The zero-order valence-electron chi connectivity index (χ0n) is 17.4. The number of halogens is 1. The molecule has 6 heteroatoms. The highest BCUT2D eigenvalue weighted by molar-refractivity contribution is 6.31. The third-order valence-corrected chi connectivity index (χ3v) is 5.35. The first-order chi connectivity index (χ1) is 14.1. The molecule has 0 amide bonds. The van der Waals surface area contributed by atoms with E-state index in [4.69, 9.17) is 30.8 Å². The zero-order valence-corrected chi connectivity index (χ0v) is 18.1. The van der Waals surface area contributed by atoms with Gasteiger partial charge in [-0.1, -0.05) is 55.8 Å². The minimum atomic E-state index is 0.333. The molecule has 3 rings (SSSR count). The van der Waals surface area contributed by atoms with Crippen molar-refractivity contribution in [2.75, 3.05) is 26.9 Å². The predicted molar refractivity (Wildman–Crippen MR) is 116 cm³/mol. The van der Waals surface area contributed by atoms with Crippen molar-refractivity contribution >= 4 is 17.3 Å². The Labute approximate surface area is 178 Å². The van der Waals surface area contributed by atoms with Gasteiger partial charge < -0.3 is 14.2 Å². The summed E-state index contributed by atoms with van der Waals surface area (Å²) in [4.78, 5) is 9.52. The van der Waals surface area contributed by atoms with Crippen LogP contribution in [0.3, 0.4) is 0 Å². The number of aliphatic imine (C=N–C) groups is 1. The van der Waals surface area contributed by atoms with Crippen LogP contribution < -0.4 is 9.47 Å². The average Bonchev–Trinajstić information content (AvgIpc) is 2.90. The van der Waals surface area contributed by atoms with E-state index in [2.05, 4.69) is 31.0 Å². The summed E-state index contributed by atoms with van der Waals surface area (Å²) in [5, 5.41) is 0.333. The van der Waals surface area contributed by atoms with Gasteiger partial charge in [-0.25, -0.2) is 4.98 Å². The summed E-state index contributed by atoms with van der Waals surface area (Å²) in [7, 11) is 1.67. The minimum absolute atomic E-state index is 0.333. The monoisotopic (exact) mass is 416 g/mol. The second-order valence-electron chi connectivity index (χ2n) is 7.59. The van der Waals surface area contributed by atoms with Gasteiger partial charge in [0.15, 0.2) is 16.7 Å². The Kier molecular flexibility index (Phi) is 7.90. The Morgan fingerprint density at radius 3 is 2.76 bits per heavy atom. The number of methoxy groups -OCH3 is 1. The van der Waals surface area contributed by atoms with Crippen LogP contribution >= 0.6 is 11.6 Å². The molecule has 0 saturated carbocycles. The fourth-order valence-corrected chi connectivity index (χ4v) is 3.39. The summed E-state index contributed by atoms with van der Waals surface area (Å²) < 4.78 is 17.0. The molecule has 1 unspecified atom stereocenters. The fourth-order valence-electron chi connectivity index (χ4n) is 3.20. The van der Waals surface area contributed by atoms with Crippen LogP contribution in [0.2, 0.25) is 5.15 Å². The smallest absolute Gasteiger partial charge is 0.171 e. The molecule has 1 aliphatic heterocycles. The topological polar surface area (TPSA) is 52.9 Å². The first-order valence-corrected chi connectivity index (χ1v) is 10.5. The number of benzene rings is 1. The van der Waals surface area contributed by atoms with E-state index in [1.807, 2.05) is 24.3 Å². The summed E-state index contributed by atoms with van der Waals surface area (Å²) in [5.41, 5.74) is 2.82. The van der Waals surface area contributed by atoms with Crippen molar-refractivity contribution < 1.29 is 14.2 Å². The number of fused-ring (bicyclic) bond motifs is 1. The number of hydrogen-bond acceptors (Lipinski definition) is 5. The maximum absolute atomic E-state index is 6.43. The van der Waals surface area contributed by atoms with Gasteiger partial charge in [-0.3, -0.25) is 4.99 Å². The number of rotatable bonds is 8. The Morgan fingerprint density at radius 1 is 1.24 bits per heavy atom. The number of nitrogens with zero attached hydrogens (tertiary/aromatic N) is 2. The van der Waals surface area contributed by atoms with Gasteiger partial charge >= 0.3 is 0 Å². The number of hydrogen-bond donors (Lipinski definition) is 0. The van der Waals surface area contributed by atoms with E-state index in [1.165, 1.54) is 0 Å². The van der Waals surface area contributed by atoms with Gasteiger partial charge in [0.05, 0.1) is 25.5 Å². The quantitative estimate of drug-likeness (QED) is 0.438. The molecule has 0 bridgehead atoms. The number of aromatic nitrogens is 1. The summed E-state index contributed by atoms with van der Waals surface area (Å²) in [6.45, 7) is 6.81. The maximum atomic E-state index is 6.43. The molecule has 1 aromatic carbocycles. The molecule has 0 N–H and O–H groups in total. The molecule has 0 saturated heterocycles. The normalized spacial score (nSPS) is 17.7. The van der Waals surface area contributed by atoms with Gasteiger partial charge in [-0.2, -0.15) is 0 Å². The first kappa shape index (κ1) is 21.6. The third kappa shape index (κ3) is 5.94. The van der Waals surface area contributed by atoms with E-state index in [9.17, 15) is 0 Å². The van der Waals surface area contributed by atoms with Crippen LogP contribution in [0.4, 0.5) is 0 Å². The highest BCUT2D eigenvalue weighted by Gasteiger charge is 2.27. The number of pyridine rings is 1. The van der Waals surface area contributed by atoms with Crippen LogP contribution in [-0.2, 0) is 11.3 Å². The van der Waals surface area contributed by atoms with E-state index in [0.717, 1.165) is 29.8 Å². The van der Waals surface area contributed by atoms with E-state index in [-0.39, 0.29) is 0 Å². The van der Waals surface area contributed by atoms with Crippen LogP contribution in [0.1, 0.15) is 37.9 Å². The number of ether oxygens (including phenoxy) is 3. The Balaban J connectivity index is 1.88. The summed E-state index contributed by atoms with van der Waals surface area (Å²) in [6.07, 6.45) is 1.60. The van der Waals surface area contributed by atoms with Crippen molar-refractivity contribution in [2.45, 2.75) is 33.2 Å². The largest absolute Gasteiger partial charge is 0.491 e. The van der Waals surface area contributed by atoms with E-state index >= 15 is 0 Å². The van der Waals surface area contributed by atoms with Crippen LogP contribution in [0, 0.1) is 11.8 Å². The summed E-state index contributed by atoms with van der Waals surface area (Å²) in [6, 6.07) is 12.1. The van der Waals surface area contributed by atoms with Crippen molar-refractivity contribution in [2.24, 2.45) is 16.8 Å². The van der Waals surface area contributed by atoms with E-state index in [0.29, 0.717) is 54.9 Å². The van der Waals surface area contributed by atoms with Gasteiger partial charge in [0, 0.05) is 32.1 Å². The van der Waals surface area contributed by atoms with Gasteiger partial charge in [-0.15, -0.1) is 0 Å². The highest BCUT2D eigenvalue weighted by atomic mass is 35.5. The predicted octanol–water partition coefficient (Wildman–Crippen LogP) is 5.19. The molecular weight excluding hydrogens is 388 g/mol. The molecule has 0 fully saturated rings. The van der Waals surface area contributed by atoms with Gasteiger partial charge in [-0.05, 0) is 17.9 Å². The van der Waals surface area contributed by atoms with Gasteiger partial charge in [0.25, 0.3) is 0 Å². The van der Waals surface area contributed by atoms with Crippen molar-refractivity contribution in [1.29, 1.82) is 0 Å². The molecule has 5 nitrogen and oxygen atoms in total. The summed E-state index contributed by atoms with van der Waals surface area (Å²) >= 11 is 6.43. The Morgan fingerprint density at radius 2 is 2.03 bits per heavy atom. The molecule has 0 aliphatic carbocycles. The molecule has 2 heterocycles. The molecule has 0 radical (unpaired) electrons. The van der Waals surface area contributed by atoms with E-state index < -0.39 is 0 Å². The molecule has 0 spiro atoms. The molecule has 156 valence electrons. The van der Waals surface area contributed by atoms with Crippen LogP contribution in [0.15, 0.2) is 41.4 Å².